The Morgan fingerprint density at radius 3 is 3.12 bits per heavy atom. The zero-order chi connectivity index (χ0) is 12.3. The van der Waals surface area contributed by atoms with Crippen LogP contribution in [0.2, 0.25) is 0 Å². The number of aromatic amines is 1. The first-order valence-corrected chi connectivity index (χ1v) is 5.46. The zero-order valence-electron chi connectivity index (χ0n) is 9.91. The topological polar surface area (TPSA) is 67.0 Å². The van der Waals surface area contributed by atoms with Crippen molar-refractivity contribution in [2.45, 2.75) is 13.3 Å². The summed E-state index contributed by atoms with van der Waals surface area (Å²) in [4.78, 5) is 18.4. The smallest absolute Gasteiger partial charge is 0.406 e. The summed E-state index contributed by atoms with van der Waals surface area (Å²) in [6, 6.07) is 6.04. The van der Waals surface area contributed by atoms with E-state index in [0.29, 0.717) is 6.54 Å². The molecule has 17 heavy (non-hydrogen) atoms. The SMILES string of the molecule is COC(=O)NCCc1ccc2nc(C)[nH]c2c1. The molecule has 1 aromatic heterocycles. The molecule has 0 fully saturated rings. The summed E-state index contributed by atoms with van der Waals surface area (Å²) >= 11 is 0. The third-order valence-electron chi connectivity index (χ3n) is 2.53. The number of imidazole rings is 1. The minimum atomic E-state index is -0.400. The van der Waals surface area contributed by atoms with Crippen LogP contribution in [-0.4, -0.2) is 29.7 Å². The second-order valence-corrected chi connectivity index (χ2v) is 3.84. The maximum Gasteiger partial charge on any atom is 0.406 e. The van der Waals surface area contributed by atoms with Crippen LogP contribution in [0.3, 0.4) is 0 Å². The number of nitrogens with zero attached hydrogens (tertiary/aromatic N) is 1. The molecule has 0 saturated heterocycles. The molecule has 0 spiro atoms. The molecule has 90 valence electrons. The van der Waals surface area contributed by atoms with Crippen molar-refractivity contribution in [3.05, 3.63) is 29.6 Å². The van der Waals surface area contributed by atoms with Crippen LogP contribution in [0.25, 0.3) is 11.0 Å². The summed E-state index contributed by atoms with van der Waals surface area (Å²) in [7, 11) is 1.36. The highest BCUT2D eigenvalue weighted by Gasteiger charge is 2.02. The van der Waals surface area contributed by atoms with Crippen molar-refractivity contribution < 1.29 is 9.53 Å². The van der Waals surface area contributed by atoms with Crippen molar-refractivity contribution in [1.29, 1.82) is 0 Å². The second-order valence-electron chi connectivity index (χ2n) is 3.84. The molecule has 0 aliphatic carbocycles. The molecular weight excluding hydrogens is 218 g/mol. The number of carbonyl (C=O) groups excluding carboxylic acids is 1. The molecule has 0 bridgehead atoms. The monoisotopic (exact) mass is 233 g/mol. The van der Waals surface area contributed by atoms with Crippen LogP contribution in [0, 0.1) is 6.92 Å². The number of rotatable bonds is 3. The molecule has 2 N–H and O–H groups in total. The molecule has 0 aliphatic heterocycles. The first-order chi connectivity index (χ1) is 8.19. The summed E-state index contributed by atoms with van der Waals surface area (Å²) in [5.74, 6) is 0.907. The lowest BCUT2D eigenvalue weighted by atomic mass is 10.1. The fourth-order valence-electron chi connectivity index (χ4n) is 1.72. The highest BCUT2D eigenvalue weighted by atomic mass is 16.5. The van der Waals surface area contributed by atoms with Crippen molar-refractivity contribution in [2.75, 3.05) is 13.7 Å². The molecule has 0 saturated carbocycles. The first-order valence-electron chi connectivity index (χ1n) is 5.46. The van der Waals surface area contributed by atoms with E-state index in [9.17, 15) is 4.79 Å². The Morgan fingerprint density at radius 2 is 2.35 bits per heavy atom. The molecule has 2 rings (SSSR count). The highest BCUT2D eigenvalue weighted by molar-refractivity contribution is 5.75. The number of nitrogens with one attached hydrogen (secondary N) is 2. The third-order valence-corrected chi connectivity index (χ3v) is 2.53. The molecule has 2 aromatic rings. The minimum Gasteiger partial charge on any atom is -0.453 e. The highest BCUT2D eigenvalue weighted by Crippen LogP contribution is 2.13. The van der Waals surface area contributed by atoms with Gasteiger partial charge in [-0.2, -0.15) is 0 Å². The molecule has 1 heterocycles. The number of benzene rings is 1. The minimum absolute atomic E-state index is 0.400. The van der Waals surface area contributed by atoms with Crippen molar-refractivity contribution in [3.63, 3.8) is 0 Å². The molecule has 1 aromatic carbocycles. The predicted molar refractivity (Wildman–Crippen MR) is 64.9 cm³/mol. The van der Waals surface area contributed by atoms with Crippen LogP contribution in [-0.2, 0) is 11.2 Å². The van der Waals surface area contributed by atoms with Gasteiger partial charge in [0, 0.05) is 6.54 Å². The molecule has 0 atom stereocenters. The van der Waals surface area contributed by atoms with Gasteiger partial charge in [-0.05, 0) is 31.0 Å². The molecule has 1 amide bonds. The van der Waals surface area contributed by atoms with E-state index in [1.54, 1.807) is 0 Å². The Labute approximate surface area is 99.2 Å². The van der Waals surface area contributed by atoms with Gasteiger partial charge in [0.25, 0.3) is 0 Å². The van der Waals surface area contributed by atoms with Crippen LogP contribution in [0.1, 0.15) is 11.4 Å². The van der Waals surface area contributed by atoms with E-state index in [-0.39, 0.29) is 0 Å². The molecule has 5 heteroatoms. The largest absolute Gasteiger partial charge is 0.453 e. The molecule has 0 unspecified atom stereocenters. The number of carbonyl (C=O) groups is 1. The van der Waals surface area contributed by atoms with Gasteiger partial charge in [-0.1, -0.05) is 6.07 Å². The Hall–Kier alpha value is -2.04. The van der Waals surface area contributed by atoms with Crippen LogP contribution in [0.15, 0.2) is 18.2 Å². The Bertz CT molecular complexity index is 534. The predicted octanol–water partition coefficient (Wildman–Crippen LogP) is 1.77. The Kier molecular flexibility index (Phi) is 3.27. The fourth-order valence-corrected chi connectivity index (χ4v) is 1.72. The number of fused-ring (bicyclic) bond motifs is 1. The number of aryl methyl sites for hydroxylation is 1. The van der Waals surface area contributed by atoms with Gasteiger partial charge in [0.1, 0.15) is 5.82 Å². The lowest BCUT2D eigenvalue weighted by Gasteiger charge is -2.03. The summed E-state index contributed by atoms with van der Waals surface area (Å²) in [6.45, 7) is 2.49. The van der Waals surface area contributed by atoms with Crippen molar-refractivity contribution in [1.82, 2.24) is 15.3 Å². The van der Waals surface area contributed by atoms with Gasteiger partial charge < -0.3 is 15.0 Å². The molecule has 0 radical (unpaired) electrons. The quantitative estimate of drug-likeness (QED) is 0.849. The number of aromatic nitrogens is 2. The maximum atomic E-state index is 10.9. The van der Waals surface area contributed by atoms with Crippen molar-refractivity contribution in [2.24, 2.45) is 0 Å². The Morgan fingerprint density at radius 1 is 1.53 bits per heavy atom. The average molecular weight is 233 g/mol. The van der Waals surface area contributed by atoms with E-state index in [2.05, 4.69) is 20.0 Å². The molecule has 0 aliphatic rings. The van der Waals surface area contributed by atoms with Gasteiger partial charge in [0.2, 0.25) is 0 Å². The zero-order valence-corrected chi connectivity index (χ0v) is 9.91. The summed E-state index contributed by atoms with van der Waals surface area (Å²) in [5.41, 5.74) is 3.14. The summed E-state index contributed by atoms with van der Waals surface area (Å²) in [6.07, 6.45) is 0.367. The third kappa shape index (κ3) is 2.75. The van der Waals surface area contributed by atoms with Crippen molar-refractivity contribution >= 4 is 17.1 Å². The number of methoxy groups -OCH3 is 1. The second kappa shape index (κ2) is 4.86. The number of amides is 1. The van der Waals surface area contributed by atoms with Gasteiger partial charge in [-0.25, -0.2) is 9.78 Å². The number of ether oxygens (including phenoxy) is 1. The molecular formula is C12H15N3O2. The number of hydrogen-bond donors (Lipinski definition) is 2. The molecule has 5 nitrogen and oxygen atoms in total. The van der Waals surface area contributed by atoms with Crippen molar-refractivity contribution in [3.8, 4) is 0 Å². The fraction of sp³-hybridized carbons (Fsp3) is 0.333. The maximum absolute atomic E-state index is 10.9. The van der Waals surface area contributed by atoms with E-state index >= 15 is 0 Å². The normalized spacial score (nSPS) is 10.5. The summed E-state index contributed by atoms with van der Waals surface area (Å²) in [5, 5.41) is 2.65. The standard InChI is InChI=1S/C12H15N3O2/c1-8-14-10-4-3-9(7-11(10)15-8)5-6-13-12(16)17-2/h3-4,7H,5-6H2,1-2H3,(H,13,16)(H,14,15). The van der Waals surface area contributed by atoms with Gasteiger partial charge >= 0.3 is 6.09 Å². The van der Waals surface area contributed by atoms with E-state index in [0.717, 1.165) is 28.8 Å². The Balaban J connectivity index is 2.01. The lowest BCUT2D eigenvalue weighted by molar-refractivity contribution is 0.171. The van der Waals surface area contributed by atoms with Crippen LogP contribution in [0.4, 0.5) is 4.79 Å². The number of H-pyrrole nitrogens is 1. The number of alkyl carbamates (subject to hydrolysis) is 1. The van der Waals surface area contributed by atoms with E-state index in [1.165, 1.54) is 7.11 Å². The van der Waals surface area contributed by atoms with Crippen LogP contribution >= 0.6 is 0 Å². The van der Waals surface area contributed by atoms with Gasteiger partial charge in [0.05, 0.1) is 18.1 Å². The van der Waals surface area contributed by atoms with Gasteiger partial charge in [0.15, 0.2) is 0 Å². The van der Waals surface area contributed by atoms with E-state index < -0.39 is 6.09 Å². The number of hydrogen-bond acceptors (Lipinski definition) is 3. The van der Waals surface area contributed by atoms with Gasteiger partial charge in [-0.3, -0.25) is 0 Å². The lowest BCUT2D eigenvalue weighted by Crippen LogP contribution is -2.25. The first kappa shape index (κ1) is 11.4. The average Bonchev–Trinajstić information content (AvgIpc) is 2.68. The van der Waals surface area contributed by atoms with E-state index in [4.69, 9.17) is 0 Å². The van der Waals surface area contributed by atoms with Gasteiger partial charge in [-0.15, -0.1) is 0 Å². The summed E-state index contributed by atoms with van der Waals surface area (Å²) < 4.78 is 4.50. The van der Waals surface area contributed by atoms with E-state index in [1.807, 2.05) is 25.1 Å². The van der Waals surface area contributed by atoms with Crippen LogP contribution in [0.5, 0.6) is 0 Å². The van der Waals surface area contributed by atoms with Crippen LogP contribution < -0.4 is 5.32 Å².